The summed E-state index contributed by atoms with van der Waals surface area (Å²) in [6, 6.07) is 15.7. The highest BCUT2D eigenvalue weighted by Gasteiger charge is 2.36. The van der Waals surface area contributed by atoms with Crippen LogP contribution in [0.15, 0.2) is 54.6 Å². The number of para-hydroxylation sites is 2. The average Bonchev–Trinajstić information content (AvgIpc) is 2.85. The van der Waals surface area contributed by atoms with Gasteiger partial charge in [-0.25, -0.2) is 4.98 Å². The van der Waals surface area contributed by atoms with Crippen molar-refractivity contribution < 1.29 is 13.2 Å². The lowest BCUT2D eigenvalue weighted by Crippen LogP contribution is -2.14. The molecule has 2 nitrogen and oxygen atoms in total. The van der Waals surface area contributed by atoms with Gasteiger partial charge in [-0.2, -0.15) is 13.2 Å². The smallest absolute Gasteiger partial charge is 0.290 e. The van der Waals surface area contributed by atoms with Crippen LogP contribution in [-0.4, -0.2) is 9.38 Å². The Morgan fingerprint density at radius 2 is 1.57 bits per heavy atom. The van der Waals surface area contributed by atoms with E-state index in [2.05, 4.69) is 4.98 Å². The molecule has 0 aliphatic carbocycles. The molecule has 0 aliphatic heterocycles. The first-order chi connectivity index (χ1) is 10.1. The highest BCUT2D eigenvalue weighted by atomic mass is 19.4. The minimum absolute atomic E-state index is 0.347. The van der Waals surface area contributed by atoms with Gasteiger partial charge in [0.15, 0.2) is 0 Å². The third-order valence-corrected chi connectivity index (χ3v) is 3.58. The first-order valence-electron chi connectivity index (χ1n) is 6.42. The van der Waals surface area contributed by atoms with Crippen molar-refractivity contribution >= 4 is 27.3 Å². The molecule has 0 amide bonds. The molecule has 0 atom stereocenters. The van der Waals surface area contributed by atoms with Crippen LogP contribution < -0.4 is 0 Å². The van der Waals surface area contributed by atoms with Crippen molar-refractivity contribution in [3.8, 4) is 0 Å². The summed E-state index contributed by atoms with van der Waals surface area (Å²) in [6.45, 7) is 0. The van der Waals surface area contributed by atoms with Gasteiger partial charge in [0.05, 0.1) is 16.6 Å². The van der Waals surface area contributed by atoms with E-state index in [4.69, 9.17) is 0 Å². The highest BCUT2D eigenvalue weighted by Crippen LogP contribution is 2.34. The SMILES string of the molecule is FC(F)(F)c1nc2ccccc2c2cc3ccccc3n12. The highest BCUT2D eigenvalue weighted by molar-refractivity contribution is 6.00. The molecule has 0 radical (unpaired) electrons. The molecule has 0 unspecified atom stereocenters. The van der Waals surface area contributed by atoms with E-state index in [0.717, 1.165) is 5.39 Å². The summed E-state index contributed by atoms with van der Waals surface area (Å²) in [4.78, 5) is 3.83. The van der Waals surface area contributed by atoms with Crippen molar-refractivity contribution in [3.05, 3.63) is 60.4 Å². The van der Waals surface area contributed by atoms with E-state index in [9.17, 15) is 13.2 Å². The molecule has 0 spiro atoms. The number of alkyl halides is 3. The number of nitrogens with zero attached hydrogens (tertiary/aromatic N) is 2. The van der Waals surface area contributed by atoms with Gasteiger partial charge in [0, 0.05) is 10.8 Å². The van der Waals surface area contributed by atoms with E-state index in [1.807, 2.05) is 6.07 Å². The minimum Gasteiger partial charge on any atom is -0.290 e. The van der Waals surface area contributed by atoms with Gasteiger partial charge in [0.2, 0.25) is 5.82 Å². The Kier molecular flexibility index (Phi) is 2.31. The van der Waals surface area contributed by atoms with Gasteiger partial charge in [-0.15, -0.1) is 0 Å². The van der Waals surface area contributed by atoms with Crippen molar-refractivity contribution in [2.45, 2.75) is 6.18 Å². The Labute approximate surface area is 117 Å². The van der Waals surface area contributed by atoms with E-state index >= 15 is 0 Å². The number of benzene rings is 2. The molecular formula is C16H9F3N2. The van der Waals surface area contributed by atoms with Gasteiger partial charge in [-0.05, 0) is 18.2 Å². The molecule has 2 aromatic carbocycles. The molecule has 21 heavy (non-hydrogen) atoms. The Bertz CT molecular complexity index is 983. The fourth-order valence-electron chi connectivity index (χ4n) is 2.72. The second kappa shape index (κ2) is 3.97. The zero-order valence-corrected chi connectivity index (χ0v) is 10.7. The van der Waals surface area contributed by atoms with Gasteiger partial charge in [-0.1, -0.05) is 36.4 Å². The fraction of sp³-hybridized carbons (Fsp3) is 0.0625. The van der Waals surface area contributed by atoms with Crippen molar-refractivity contribution in [1.82, 2.24) is 9.38 Å². The molecule has 2 heterocycles. The molecule has 5 heteroatoms. The van der Waals surface area contributed by atoms with Crippen LogP contribution in [0, 0.1) is 0 Å². The lowest BCUT2D eigenvalue weighted by atomic mass is 10.2. The monoisotopic (exact) mass is 286 g/mol. The van der Waals surface area contributed by atoms with Crippen LogP contribution in [0.25, 0.3) is 27.3 Å². The van der Waals surface area contributed by atoms with E-state index < -0.39 is 12.0 Å². The number of rotatable bonds is 0. The largest absolute Gasteiger partial charge is 0.450 e. The van der Waals surface area contributed by atoms with Crippen LogP contribution in [0.2, 0.25) is 0 Å². The van der Waals surface area contributed by atoms with Gasteiger partial charge in [0.1, 0.15) is 0 Å². The van der Waals surface area contributed by atoms with Crippen LogP contribution in [0.3, 0.4) is 0 Å². The first-order valence-corrected chi connectivity index (χ1v) is 6.42. The molecule has 0 aliphatic rings. The number of halogens is 3. The van der Waals surface area contributed by atoms with Crippen LogP contribution in [-0.2, 0) is 6.18 Å². The summed E-state index contributed by atoms with van der Waals surface area (Å²) in [7, 11) is 0. The fourth-order valence-corrected chi connectivity index (χ4v) is 2.72. The summed E-state index contributed by atoms with van der Waals surface area (Å²) >= 11 is 0. The standard InChI is InChI=1S/C16H9F3N2/c17-16(18,19)15-20-12-7-3-2-6-11(12)14-9-10-5-1-4-8-13(10)21(14)15/h1-9H. The zero-order chi connectivity index (χ0) is 14.6. The molecular weight excluding hydrogens is 277 g/mol. The molecule has 2 aromatic heterocycles. The maximum Gasteiger partial charge on any atom is 0.450 e. The Morgan fingerprint density at radius 1 is 0.857 bits per heavy atom. The number of fused-ring (bicyclic) bond motifs is 5. The molecule has 4 rings (SSSR count). The molecule has 4 aromatic rings. The average molecular weight is 286 g/mol. The quantitative estimate of drug-likeness (QED) is 0.459. The second-order valence-electron chi connectivity index (χ2n) is 4.87. The summed E-state index contributed by atoms with van der Waals surface area (Å²) < 4.78 is 41.3. The van der Waals surface area contributed by atoms with Gasteiger partial charge in [0.25, 0.3) is 0 Å². The van der Waals surface area contributed by atoms with Crippen LogP contribution in [0.1, 0.15) is 5.82 Å². The normalized spacial score (nSPS) is 12.5. The number of hydrogen-bond donors (Lipinski definition) is 0. The predicted molar refractivity (Wildman–Crippen MR) is 75.2 cm³/mol. The van der Waals surface area contributed by atoms with Crippen molar-refractivity contribution in [2.75, 3.05) is 0 Å². The molecule has 0 fully saturated rings. The summed E-state index contributed by atoms with van der Waals surface area (Å²) in [5.41, 5.74) is 1.38. The molecule has 0 N–H and O–H groups in total. The van der Waals surface area contributed by atoms with E-state index in [1.165, 1.54) is 4.40 Å². The molecule has 0 saturated heterocycles. The number of hydrogen-bond acceptors (Lipinski definition) is 1. The second-order valence-corrected chi connectivity index (χ2v) is 4.87. The lowest BCUT2D eigenvalue weighted by molar-refractivity contribution is -0.145. The van der Waals surface area contributed by atoms with Gasteiger partial charge < -0.3 is 0 Å². The third kappa shape index (κ3) is 1.70. The van der Waals surface area contributed by atoms with Crippen molar-refractivity contribution in [1.29, 1.82) is 0 Å². The number of aromatic nitrogens is 2. The predicted octanol–water partition coefficient (Wildman–Crippen LogP) is 4.66. The van der Waals surface area contributed by atoms with E-state index in [-0.39, 0.29) is 0 Å². The Morgan fingerprint density at radius 3 is 2.38 bits per heavy atom. The minimum atomic E-state index is -4.51. The van der Waals surface area contributed by atoms with Crippen LogP contribution in [0.4, 0.5) is 13.2 Å². The molecule has 0 bridgehead atoms. The zero-order valence-electron chi connectivity index (χ0n) is 10.7. The van der Waals surface area contributed by atoms with Crippen LogP contribution >= 0.6 is 0 Å². The first kappa shape index (κ1) is 12.2. The summed E-state index contributed by atoms with van der Waals surface area (Å²) in [5, 5.41) is 1.47. The van der Waals surface area contributed by atoms with Gasteiger partial charge >= 0.3 is 6.18 Å². The van der Waals surface area contributed by atoms with Crippen LogP contribution in [0.5, 0.6) is 0 Å². The summed E-state index contributed by atoms with van der Waals surface area (Å²) in [6.07, 6.45) is -4.51. The molecule has 0 saturated carbocycles. The van der Waals surface area contributed by atoms with E-state index in [1.54, 1.807) is 48.5 Å². The Balaban J connectivity index is 2.34. The maximum absolute atomic E-state index is 13.4. The van der Waals surface area contributed by atoms with Gasteiger partial charge in [-0.3, -0.25) is 4.40 Å². The topological polar surface area (TPSA) is 17.3 Å². The lowest BCUT2D eigenvalue weighted by Gasteiger charge is -2.12. The maximum atomic E-state index is 13.4. The summed E-state index contributed by atoms with van der Waals surface area (Å²) in [5.74, 6) is -0.891. The Hall–Kier alpha value is -2.56. The van der Waals surface area contributed by atoms with E-state index in [0.29, 0.717) is 21.9 Å². The van der Waals surface area contributed by atoms with Crippen molar-refractivity contribution in [3.63, 3.8) is 0 Å². The van der Waals surface area contributed by atoms with Crippen molar-refractivity contribution in [2.24, 2.45) is 0 Å². The molecule has 104 valence electrons. The third-order valence-electron chi connectivity index (χ3n) is 3.58.